The van der Waals surface area contributed by atoms with Crippen molar-refractivity contribution in [1.29, 1.82) is 0 Å². The first kappa shape index (κ1) is 21.8. The van der Waals surface area contributed by atoms with Crippen LogP contribution in [0.2, 0.25) is 0 Å². The molecule has 5 heteroatoms. The first-order chi connectivity index (χ1) is 16.7. The average Bonchev–Trinajstić information content (AvgIpc) is 3.14. The van der Waals surface area contributed by atoms with E-state index in [0.717, 1.165) is 76.1 Å². The molecule has 6 rings (SSSR count). The van der Waals surface area contributed by atoms with Gasteiger partial charge in [-0.05, 0) is 72.7 Å². The maximum atomic E-state index is 13.8. The van der Waals surface area contributed by atoms with Crippen LogP contribution in [-0.4, -0.2) is 59.1 Å². The lowest BCUT2D eigenvalue weighted by Crippen LogP contribution is -2.47. The van der Waals surface area contributed by atoms with Crippen LogP contribution in [0.5, 0.6) is 0 Å². The first-order valence-corrected chi connectivity index (χ1v) is 12.8. The topological polar surface area (TPSA) is 45.7 Å². The summed E-state index contributed by atoms with van der Waals surface area (Å²) in [4.78, 5) is 22.7. The summed E-state index contributed by atoms with van der Waals surface area (Å²) in [6, 6.07) is 17.8. The lowest BCUT2D eigenvalue weighted by molar-refractivity contribution is 0.0337. The molecule has 2 unspecified atom stereocenters. The number of carbonyl (C=O) groups is 1. The van der Waals surface area contributed by atoms with Gasteiger partial charge in [0.25, 0.3) is 5.91 Å². The number of carbonyl (C=O) groups excluding carboxylic acids is 1. The van der Waals surface area contributed by atoms with Crippen LogP contribution >= 0.6 is 0 Å². The van der Waals surface area contributed by atoms with Gasteiger partial charge in [0.2, 0.25) is 0 Å². The molecule has 3 aliphatic heterocycles. The summed E-state index contributed by atoms with van der Waals surface area (Å²) in [5, 5.41) is 2.46. The zero-order valence-corrected chi connectivity index (χ0v) is 19.7. The quantitative estimate of drug-likeness (QED) is 0.560. The monoisotopic (exact) mass is 455 g/mol. The van der Waals surface area contributed by atoms with Gasteiger partial charge in [0.15, 0.2) is 0 Å². The number of aromatic nitrogens is 1. The van der Waals surface area contributed by atoms with Gasteiger partial charge in [0, 0.05) is 55.1 Å². The maximum Gasteiger partial charge on any atom is 0.254 e. The molecule has 0 aliphatic carbocycles. The van der Waals surface area contributed by atoms with Crippen molar-refractivity contribution in [3.05, 3.63) is 77.6 Å². The highest BCUT2D eigenvalue weighted by Crippen LogP contribution is 2.41. The van der Waals surface area contributed by atoms with Crippen LogP contribution in [0.15, 0.2) is 60.9 Å². The maximum absolute atomic E-state index is 13.8. The molecule has 3 aromatic rings. The highest BCUT2D eigenvalue weighted by Gasteiger charge is 2.43. The Kier molecular flexibility index (Phi) is 6.06. The molecule has 34 heavy (non-hydrogen) atoms. The van der Waals surface area contributed by atoms with E-state index in [0.29, 0.717) is 18.0 Å². The summed E-state index contributed by atoms with van der Waals surface area (Å²) in [5.74, 6) is 0.880. The highest BCUT2D eigenvalue weighted by molar-refractivity contribution is 5.96. The molecule has 3 saturated heterocycles. The Morgan fingerprint density at radius 3 is 2.59 bits per heavy atom. The van der Waals surface area contributed by atoms with E-state index in [4.69, 9.17) is 4.74 Å². The van der Waals surface area contributed by atoms with Crippen LogP contribution in [-0.2, 0) is 17.7 Å². The molecule has 0 saturated carbocycles. The summed E-state index contributed by atoms with van der Waals surface area (Å²) >= 11 is 0. The van der Waals surface area contributed by atoms with Crippen molar-refractivity contribution in [2.45, 2.75) is 50.7 Å². The van der Waals surface area contributed by atoms with Gasteiger partial charge in [0.1, 0.15) is 0 Å². The predicted octanol–water partition coefficient (Wildman–Crippen LogP) is 4.69. The molecule has 2 bridgehead atoms. The van der Waals surface area contributed by atoms with E-state index in [1.165, 1.54) is 16.3 Å². The standard InChI is InChI=1S/C29H33N3O2/c33-29(28-4-2-1-3-24(28)20-31-11-13-34-14-12-31)32-26-7-8-27(32)18-22(17-26)15-21-5-6-23-9-10-30-19-25(23)16-21/h1-6,9-10,16,19,22,26-27H,7-8,11-15,17-18,20H2. The van der Waals surface area contributed by atoms with Crippen molar-refractivity contribution in [2.24, 2.45) is 5.92 Å². The number of nitrogens with zero attached hydrogens (tertiary/aromatic N) is 3. The van der Waals surface area contributed by atoms with E-state index in [1.54, 1.807) is 0 Å². The molecular formula is C29H33N3O2. The van der Waals surface area contributed by atoms with E-state index in [2.05, 4.69) is 51.2 Å². The van der Waals surface area contributed by atoms with Gasteiger partial charge in [-0.15, -0.1) is 0 Å². The third-order valence-electron chi connectivity index (χ3n) is 8.04. The molecule has 1 aromatic heterocycles. The van der Waals surface area contributed by atoms with Crippen molar-refractivity contribution in [1.82, 2.24) is 14.8 Å². The zero-order chi connectivity index (χ0) is 22.9. The van der Waals surface area contributed by atoms with Gasteiger partial charge in [-0.3, -0.25) is 14.7 Å². The summed E-state index contributed by atoms with van der Waals surface area (Å²) < 4.78 is 5.50. The second-order valence-corrected chi connectivity index (χ2v) is 10.2. The smallest absolute Gasteiger partial charge is 0.254 e. The van der Waals surface area contributed by atoms with Crippen molar-refractivity contribution in [3.8, 4) is 0 Å². The summed E-state index contributed by atoms with van der Waals surface area (Å²) in [6.45, 7) is 4.25. The van der Waals surface area contributed by atoms with Crippen LogP contribution in [0.3, 0.4) is 0 Å². The Hall–Kier alpha value is -2.76. The molecule has 0 N–H and O–H groups in total. The molecule has 0 radical (unpaired) electrons. The third-order valence-corrected chi connectivity index (χ3v) is 8.04. The number of piperidine rings is 1. The van der Waals surface area contributed by atoms with E-state index in [9.17, 15) is 4.79 Å². The van der Waals surface area contributed by atoms with Crippen molar-refractivity contribution >= 4 is 16.7 Å². The Bertz CT molecular complexity index is 1160. The zero-order valence-electron chi connectivity index (χ0n) is 19.7. The van der Waals surface area contributed by atoms with E-state index in [1.807, 2.05) is 24.5 Å². The molecule has 5 nitrogen and oxygen atoms in total. The molecular weight excluding hydrogens is 422 g/mol. The normalized spacial score (nSPS) is 25.1. The fourth-order valence-electron chi connectivity index (χ4n) is 6.39. The second kappa shape index (κ2) is 9.47. The summed E-state index contributed by atoms with van der Waals surface area (Å²) in [5.41, 5.74) is 3.44. The fraction of sp³-hybridized carbons (Fsp3) is 0.448. The molecule has 2 aromatic carbocycles. The highest BCUT2D eigenvalue weighted by atomic mass is 16.5. The third kappa shape index (κ3) is 4.35. The van der Waals surface area contributed by atoms with Crippen LogP contribution in [0.25, 0.3) is 10.8 Å². The second-order valence-electron chi connectivity index (χ2n) is 10.2. The van der Waals surface area contributed by atoms with E-state index < -0.39 is 0 Å². The minimum atomic E-state index is 0.242. The van der Waals surface area contributed by atoms with Gasteiger partial charge in [0.05, 0.1) is 13.2 Å². The van der Waals surface area contributed by atoms with Crippen LogP contribution in [0.1, 0.15) is 47.2 Å². The molecule has 1 amide bonds. The molecule has 3 aliphatic rings. The molecule has 176 valence electrons. The number of hydrogen-bond acceptors (Lipinski definition) is 4. The molecule has 3 fully saturated rings. The van der Waals surface area contributed by atoms with Crippen LogP contribution in [0, 0.1) is 5.92 Å². The summed E-state index contributed by atoms with van der Waals surface area (Å²) in [7, 11) is 0. The average molecular weight is 456 g/mol. The first-order valence-electron chi connectivity index (χ1n) is 12.8. The number of rotatable bonds is 5. The Morgan fingerprint density at radius 2 is 1.76 bits per heavy atom. The van der Waals surface area contributed by atoms with Crippen molar-refractivity contribution in [3.63, 3.8) is 0 Å². The number of morpholine rings is 1. The Morgan fingerprint density at radius 1 is 0.971 bits per heavy atom. The van der Waals surface area contributed by atoms with E-state index in [-0.39, 0.29) is 5.91 Å². The van der Waals surface area contributed by atoms with Crippen molar-refractivity contribution < 1.29 is 9.53 Å². The van der Waals surface area contributed by atoms with Crippen molar-refractivity contribution in [2.75, 3.05) is 26.3 Å². The number of ether oxygens (including phenoxy) is 1. The minimum absolute atomic E-state index is 0.242. The van der Waals surface area contributed by atoms with Gasteiger partial charge >= 0.3 is 0 Å². The Labute approximate surface area is 201 Å². The number of pyridine rings is 1. The van der Waals surface area contributed by atoms with Gasteiger partial charge < -0.3 is 9.64 Å². The van der Waals surface area contributed by atoms with Gasteiger partial charge in [-0.25, -0.2) is 0 Å². The SMILES string of the molecule is O=C(c1ccccc1CN1CCOCC1)N1C2CCC1CC(Cc1ccc3ccncc3c1)C2. The lowest BCUT2D eigenvalue weighted by atomic mass is 9.85. The molecule has 0 spiro atoms. The molecule has 4 heterocycles. The number of benzene rings is 2. The minimum Gasteiger partial charge on any atom is -0.379 e. The van der Waals surface area contributed by atoms with Crippen LogP contribution in [0.4, 0.5) is 0 Å². The summed E-state index contributed by atoms with van der Waals surface area (Å²) in [6.07, 6.45) is 9.40. The number of amides is 1. The fourth-order valence-corrected chi connectivity index (χ4v) is 6.39. The number of hydrogen-bond donors (Lipinski definition) is 0. The van der Waals surface area contributed by atoms with Crippen LogP contribution < -0.4 is 0 Å². The lowest BCUT2D eigenvalue weighted by Gasteiger charge is -2.39. The van der Waals surface area contributed by atoms with E-state index >= 15 is 0 Å². The Balaban J connectivity index is 1.16. The number of fused-ring (bicyclic) bond motifs is 3. The largest absolute Gasteiger partial charge is 0.379 e. The molecule has 2 atom stereocenters. The predicted molar refractivity (Wildman–Crippen MR) is 134 cm³/mol. The van der Waals surface area contributed by atoms with Gasteiger partial charge in [-0.2, -0.15) is 0 Å². The van der Waals surface area contributed by atoms with Gasteiger partial charge in [-0.1, -0.05) is 30.3 Å².